The summed E-state index contributed by atoms with van der Waals surface area (Å²) in [6.07, 6.45) is 0. The SMILES string of the molecule is [2H]c1c([2H])c([2H])c(-c2c([2H])c([2H])c([2H])c(-c3c([2H])c([2H])c4sc5c([2H])c([2H])c([2H])c(-n6c7ccccc7c7cc(-n8c9ccccc9c9ccccc98)ccc76)c5c4c3[2H])c2[2H])c([2H])c1[2H]. The van der Waals surface area contributed by atoms with Gasteiger partial charge in [0.15, 0.2) is 0 Å². The smallest absolute Gasteiger partial charge is 0.0645 e. The Labute approximate surface area is 319 Å². The second kappa shape index (κ2) is 11.0. The highest BCUT2D eigenvalue weighted by molar-refractivity contribution is 7.25. The fourth-order valence-corrected chi connectivity index (χ4v) is 8.20. The molecular weight excluding hydrogens is 637 g/mol. The van der Waals surface area contributed by atoms with Crippen LogP contribution in [-0.4, -0.2) is 9.13 Å². The normalized spacial score (nSPS) is 16.0. The fraction of sp³-hybridized carbons (Fsp3) is 0. The van der Waals surface area contributed by atoms with Gasteiger partial charge in [0, 0.05) is 47.4 Å². The Morgan fingerprint density at radius 3 is 1.75 bits per heavy atom. The third-order valence-corrected chi connectivity index (χ3v) is 10.4. The summed E-state index contributed by atoms with van der Waals surface area (Å²) in [4.78, 5) is 0. The number of aromatic nitrogens is 2. The average molecular weight is 682 g/mol. The van der Waals surface area contributed by atoms with Crippen LogP contribution in [0.1, 0.15) is 20.6 Å². The lowest BCUT2D eigenvalue weighted by Gasteiger charge is -2.12. The summed E-state index contributed by atoms with van der Waals surface area (Å²) in [7, 11) is 0. The van der Waals surface area contributed by atoms with E-state index in [-0.39, 0.29) is 37.9 Å². The van der Waals surface area contributed by atoms with Gasteiger partial charge in [-0.2, -0.15) is 0 Å². The van der Waals surface area contributed by atoms with Gasteiger partial charge >= 0.3 is 0 Å². The quantitative estimate of drug-likeness (QED) is 0.175. The summed E-state index contributed by atoms with van der Waals surface area (Å²) in [6.45, 7) is 0. The van der Waals surface area contributed by atoms with Gasteiger partial charge in [-0.15, -0.1) is 11.3 Å². The number of thiophene rings is 1. The van der Waals surface area contributed by atoms with Gasteiger partial charge in [0.05, 0.1) is 48.3 Å². The molecule has 3 heteroatoms. The minimum absolute atomic E-state index is 0.000437. The number of hydrogen-bond acceptors (Lipinski definition) is 1. The second-order valence-corrected chi connectivity index (χ2v) is 13.2. The van der Waals surface area contributed by atoms with Crippen LogP contribution in [0.5, 0.6) is 0 Å². The molecule has 0 amide bonds. The second-order valence-electron chi connectivity index (χ2n) is 12.2. The Morgan fingerprint density at radius 1 is 0.412 bits per heavy atom. The molecule has 0 unspecified atom stereocenters. The van der Waals surface area contributed by atoms with Crippen LogP contribution in [0.2, 0.25) is 0 Å². The maximum Gasteiger partial charge on any atom is 0.0645 e. The molecule has 0 atom stereocenters. The van der Waals surface area contributed by atoms with E-state index in [0.29, 0.717) is 11.0 Å². The van der Waals surface area contributed by atoms with E-state index in [1.165, 1.54) is 0 Å². The predicted molar refractivity (Wildman–Crippen MR) is 219 cm³/mol. The van der Waals surface area contributed by atoms with Gasteiger partial charge < -0.3 is 9.13 Å². The first-order valence-electron chi connectivity index (χ1n) is 23.7. The lowest BCUT2D eigenvalue weighted by Crippen LogP contribution is -1.96. The first-order valence-corrected chi connectivity index (χ1v) is 17.0. The molecule has 0 saturated heterocycles. The number of para-hydroxylation sites is 3. The average Bonchev–Trinajstić information content (AvgIpc) is 3.99. The molecule has 3 aromatic heterocycles. The van der Waals surface area contributed by atoms with E-state index >= 15 is 0 Å². The van der Waals surface area contributed by atoms with Crippen LogP contribution in [0.3, 0.4) is 0 Å². The number of benzene rings is 8. The summed E-state index contributed by atoms with van der Waals surface area (Å²) in [5, 5.41) is 3.94. The molecule has 8 aromatic carbocycles. The van der Waals surface area contributed by atoms with Crippen LogP contribution < -0.4 is 0 Å². The zero-order chi connectivity index (χ0) is 46.5. The molecule has 0 radical (unpaired) electrons. The molecule has 2 nitrogen and oxygen atoms in total. The van der Waals surface area contributed by atoms with Crippen LogP contribution in [0.25, 0.3) is 97.4 Å². The number of nitrogens with zero attached hydrogens (tertiary/aromatic N) is 2. The molecule has 0 fully saturated rings. The van der Waals surface area contributed by atoms with E-state index in [0.717, 1.165) is 49.6 Å². The Morgan fingerprint density at radius 2 is 1.00 bits per heavy atom. The lowest BCUT2D eigenvalue weighted by molar-refractivity contribution is 1.17. The van der Waals surface area contributed by atoms with Gasteiger partial charge in [-0.3, -0.25) is 0 Å². The molecule has 0 aliphatic heterocycles. The molecule has 51 heavy (non-hydrogen) atoms. The van der Waals surface area contributed by atoms with Crippen molar-refractivity contribution in [1.82, 2.24) is 9.13 Å². The molecule has 238 valence electrons. The maximum absolute atomic E-state index is 9.86. The van der Waals surface area contributed by atoms with Crippen molar-refractivity contribution in [2.45, 2.75) is 0 Å². The van der Waals surface area contributed by atoms with Crippen LogP contribution >= 0.6 is 11.3 Å². The van der Waals surface area contributed by atoms with E-state index < -0.39 is 101 Å². The molecule has 0 bridgehead atoms. The minimum atomic E-state index is -0.796. The molecule has 0 aliphatic rings. The van der Waals surface area contributed by atoms with Crippen LogP contribution in [0.15, 0.2) is 182 Å². The molecular formula is C48H30N2S. The predicted octanol–water partition coefficient (Wildman–Crippen LogP) is 13.6. The monoisotopic (exact) mass is 681 g/mol. The van der Waals surface area contributed by atoms with E-state index in [4.69, 9.17) is 13.7 Å². The van der Waals surface area contributed by atoms with E-state index in [9.17, 15) is 6.85 Å². The van der Waals surface area contributed by atoms with Gasteiger partial charge in [0.2, 0.25) is 0 Å². The first-order chi connectivity index (χ1) is 31.6. The van der Waals surface area contributed by atoms with Crippen molar-refractivity contribution >= 4 is 75.1 Å². The first kappa shape index (κ1) is 17.5. The molecule has 0 spiro atoms. The van der Waals surface area contributed by atoms with Crippen molar-refractivity contribution in [1.29, 1.82) is 0 Å². The van der Waals surface area contributed by atoms with Gasteiger partial charge in [-0.05, 0) is 88.9 Å². The zero-order valence-electron chi connectivity index (χ0n) is 41.5. The Kier molecular flexibility index (Phi) is 3.79. The van der Waals surface area contributed by atoms with Crippen LogP contribution in [-0.2, 0) is 0 Å². The largest absolute Gasteiger partial charge is 0.309 e. The van der Waals surface area contributed by atoms with Crippen molar-refractivity contribution < 1.29 is 20.6 Å². The Hall–Kier alpha value is -6.42. The van der Waals surface area contributed by atoms with E-state index in [1.54, 1.807) is 0 Å². The molecule has 11 rings (SSSR count). The Bertz CT molecular complexity index is 3940. The van der Waals surface area contributed by atoms with Gasteiger partial charge in [0.25, 0.3) is 0 Å². The van der Waals surface area contributed by atoms with Crippen molar-refractivity contribution in [3.8, 4) is 33.6 Å². The third kappa shape index (κ3) is 4.29. The highest BCUT2D eigenvalue weighted by Gasteiger charge is 2.19. The third-order valence-electron chi connectivity index (χ3n) is 9.40. The summed E-state index contributed by atoms with van der Waals surface area (Å²) in [6, 6.07) is 20.4. The summed E-state index contributed by atoms with van der Waals surface area (Å²) >= 11 is 0.913. The van der Waals surface area contributed by atoms with Crippen molar-refractivity contribution in [2.75, 3.05) is 0 Å². The molecule has 3 heterocycles. The Balaban J connectivity index is 1.25. The van der Waals surface area contributed by atoms with E-state index in [1.807, 2.05) is 65.2 Å². The van der Waals surface area contributed by atoms with Gasteiger partial charge in [0.1, 0.15) is 0 Å². The maximum atomic E-state index is 9.86. The number of fused-ring (bicyclic) bond motifs is 9. The van der Waals surface area contributed by atoms with Crippen molar-refractivity contribution in [3.63, 3.8) is 0 Å². The highest BCUT2D eigenvalue weighted by atomic mass is 32.1. The molecule has 11 aromatic rings. The topological polar surface area (TPSA) is 9.86 Å². The molecule has 0 saturated carbocycles. The lowest BCUT2D eigenvalue weighted by atomic mass is 9.98. The van der Waals surface area contributed by atoms with Gasteiger partial charge in [-0.25, -0.2) is 0 Å². The van der Waals surface area contributed by atoms with E-state index in [2.05, 4.69) is 34.9 Å². The standard InChI is InChI=1S/C48H30N2S/c1-2-12-31(13-3-1)32-14-10-15-33(28-32)34-24-27-46-40(29-34)48-45(22-11-23-47(48)51-46)50-43-21-9-6-18-38(43)39-30-35(25-26-44(39)50)49-41-19-7-4-16-36(41)37-17-5-8-20-42(37)49/h1-30H/i1D,2D,3D,10D,11D,12D,13D,14D,15D,22D,23D,24D,27D,28D,29D. The van der Waals surface area contributed by atoms with Crippen LogP contribution in [0, 0.1) is 0 Å². The van der Waals surface area contributed by atoms with Crippen molar-refractivity contribution in [2.24, 2.45) is 0 Å². The summed E-state index contributed by atoms with van der Waals surface area (Å²) in [5.41, 5.74) is 2.16. The molecule has 0 N–H and O–H groups in total. The molecule has 0 aliphatic carbocycles. The number of rotatable bonds is 4. The summed E-state index contributed by atoms with van der Waals surface area (Å²) in [5.74, 6) is 0. The van der Waals surface area contributed by atoms with Crippen LogP contribution in [0.4, 0.5) is 0 Å². The van der Waals surface area contributed by atoms with Gasteiger partial charge in [-0.1, -0.05) is 115 Å². The highest BCUT2D eigenvalue weighted by Crippen LogP contribution is 2.43. The fourth-order valence-electron chi connectivity index (χ4n) is 7.24. The number of hydrogen-bond donors (Lipinski definition) is 0. The zero-order valence-corrected chi connectivity index (χ0v) is 27.3. The summed E-state index contributed by atoms with van der Waals surface area (Å²) < 4.78 is 138. The van der Waals surface area contributed by atoms with Crippen molar-refractivity contribution in [3.05, 3.63) is 182 Å². The minimum Gasteiger partial charge on any atom is -0.309 e.